The van der Waals surface area contributed by atoms with Crippen LogP contribution in [-0.4, -0.2) is 10.3 Å². The Kier molecular flexibility index (Phi) is 1.77. The van der Waals surface area contributed by atoms with Crippen molar-refractivity contribution >= 4 is 0 Å². The largest absolute Gasteiger partial charge is 0.508 e. The number of phenols is 1. The first kappa shape index (κ1) is 7.86. The van der Waals surface area contributed by atoms with Gasteiger partial charge in [-0.05, 0) is 31.2 Å². The number of aromatic nitrogens is 1. The Morgan fingerprint density at radius 1 is 1.23 bits per heavy atom. The molecule has 66 valence electrons. The summed E-state index contributed by atoms with van der Waals surface area (Å²) in [7, 11) is 0. The van der Waals surface area contributed by atoms with Crippen molar-refractivity contribution in [3.63, 3.8) is 0 Å². The molecule has 0 amide bonds. The predicted octanol–water partition coefficient (Wildman–Crippen LogP) is 2.36. The molecule has 3 heteroatoms. The number of hydrogen-bond donors (Lipinski definition) is 1. The molecule has 0 aliphatic carbocycles. The topological polar surface area (TPSA) is 46.3 Å². The summed E-state index contributed by atoms with van der Waals surface area (Å²) in [5, 5.41) is 12.8. The van der Waals surface area contributed by atoms with Crippen LogP contribution in [0.15, 0.2) is 35.0 Å². The van der Waals surface area contributed by atoms with E-state index in [1.54, 1.807) is 30.5 Å². The first-order valence-electron chi connectivity index (χ1n) is 3.98. The van der Waals surface area contributed by atoms with E-state index >= 15 is 0 Å². The first-order valence-corrected chi connectivity index (χ1v) is 3.98. The standard InChI is InChI=1S/C10H9NO2/c1-7-6-11-13-10(7)8-2-4-9(12)5-3-8/h2-6,12H,1H3. The highest BCUT2D eigenvalue weighted by Crippen LogP contribution is 2.24. The SMILES string of the molecule is Cc1cnoc1-c1ccc(O)cc1. The van der Waals surface area contributed by atoms with E-state index in [0.29, 0.717) is 0 Å². The van der Waals surface area contributed by atoms with E-state index in [1.807, 2.05) is 6.92 Å². The first-order chi connectivity index (χ1) is 6.27. The molecule has 1 aromatic heterocycles. The second kappa shape index (κ2) is 2.94. The molecule has 0 aliphatic heterocycles. The summed E-state index contributed by atoms with van der Waals surface area (Å²) in [4.78, 5) is 0. The fraction of sp³-hybridized carbons (Fsp3) is 0.100. The summed E-state index contributed by atoms with van der Waals surface area (Å²) in [5.74, 6) is 1.00. The van der Waals surface area contributed by atoms with Gasteiger partial charge in [0.2, 0.25) is 0 Å². The van der Waals surface area contributed by atoms with E-state index in [9.17, 15) is 0 Å². The van der Waals surface area contributed by atoms with Gasteiger partial charge in [-0.1, -0.05) is 5.16 Å². The number of rotatable bonds is 1. The van der Waals surface area contributed by atoms with Gasteiger partial charge >= 0.3 is 0 Å². The zero-order chi connectivity index (χ0) is 9.26. The monoisotopic (exact) mass is 175 g/mol. The normalized spacial score (nSPS) is 10.2. The fourth-order valence-electron chi connectivity index (χ4n) is 1.18. The lowest BCUT2D eigenvalue weighted by molar-refractivity contribution is 0.431. The van der Waals surface area contributed by atoms with E-state index < -0.39 is 0 Å². The molecule has 0 atom stereocenters. The van der Waals surface area contributed by atoms with Crippen molar-refractivity contribution in [2.45, 2.75) is 6.92 Å². The van der Waals surface area contributed by atoms with Crippen LogP contribution in [0.1, 0.15) is 5.56 Å². The maximum Gasteiger partial charge on any atom is 0.169 e. The number of nitrogens with zero attached hydrogens (tertiary/aromatic N) is 1. The quantitative estimate of drug-likeness (QED) is 0.723. The van der Waals surface area contributed by atoms with Crippen LogP contribution in [0.25, 0.3) is 11.3 Å². The summed E-state index contributed by atoms with van der Waals surface area (Å²) in [6, 6.07) is 6.83. The lowest BCUT2D eigenvalue weighted by atomic mass is 10.1. The molecule has 0 saturated heterocycles. The summed E-state index contributed by atoms with van der Waals surface area (Å²) < 4.78 is 5.06. The van der Waals surface area contributed by atoms with Gasteiger partial charge in [0, 0.05) is 11.1 Å². The molecule has 1 aromatic carbocycles. The minimum Gasteiger partial charge on any atom is -0.508 e. The number of benzene rings is 1. The zero-order valence-electron chi connectivity index (χ0n) is 7.19. The van der Waals surface area contributed by atoms with Crippen molar-refractivity contribution in [2.24, 2.45) is 0 Å². The minimum atomic E-state index is 0.251. The highest BCUT2D eigenvalue weighted by molar-refractivity contribution is 5.60. The molecule has 0 spiro atoms. The zero-order valence-corrected chi connectivity index (χ0v) is 7.19. The van der Waals surface area contributed by atoms with Crippen LogP contribution in [0.2, 0.25) is 0 Å². The van der Waals surface area contributed by atoms with Gasteiger partial charge < -0.3 is 9.63 Å². The van der Waals surface area contributed by atoms with Crippen molar-refractivity contribution in [3.05, 3.63) is 36.0 Å². The smallest absolute Gasteiger partial charge is 0.169 e. The van der Waals surface area contributed by atoms with Gasteiger partial charge in [-0.15, -0.1) is 0 Å². The Bertz CT molecular complexity index is 403. The van der Waals surface area contributed by atoms with Crippen molar-refractivity contribution < 1.29 is 9.63 Å². The fourth-order valence-corrected chi connectivity index (χ4v) is 1.18. The molecular weight excluding hydrogens is 166 g/mol. The summed E-state index contributed by atoms with van der Waals surface area (Å²) >= 11 is 0. The van der Waals surface area contributed by atoms with Crippen LogP contribution in [0, 0.1) is 6.92 Å². The Morgan fingerprint density at radius 2 is 1.92 bits per heavy atom. The van der Waals surface area contributed by atoms with Gasteiger partial charge in [-0.2, -0.15) is 0 Å². The van der Waals surface area contributed by atoms with Crippen LogP contribution in [0.3, 0.4) is 0 Å². The minimum absolute atomic E-state index is 0.251. The number of hydrogen-bond acceptors (Lipinski definition) is 3. The van der Waals surface area contributed by atoms with Crippen LogP contribution in [0.5, 0.6) is 5.75 Å². The molecule has 0 radical (unpaired) electrons. The summed E-state index contributed by atoms with van der Waals surface area (Å²) in [5.41, 5.74) is 1.92. The van der Waals surface area contributed by atoms with E-state index in [2.05, 4.69) is 5.16 Å². The molecule has 0 saturated carbocycles. The second-order valence-electron chi connectivity index (χ2n) is 2.88. The van der Waals surface area contributed by atoms with Crippen molar-refractivity contribution in [2.75, 3.05) is 0 Å². The summed E-state index contributed by atoms with van der Waals surface area (Å²) in [6.45, 7) is 1.93. The van der Waals surface area contributed by atoms with Gasteiger partial charge in [0.1, 0.15) is 5.75 Å². The van der Waals surface area contributed by atoms with E-state index in [-0.39, 0.29) is 5.75 Å². The van der Waals surface area contributed by atoms with Crippen LogP contribution < -0.4 is 0 Å². The summed E-state index contributed by atoms with van der Waals surface area (Å²) in [6.07, 6.45) is 1.67. The third-order valence-corrected chi connectivity index (χ3v) is 1.88. The molecule has 2 aromatic rings. The molecule has 2 rings (SSSR count). The molecule has 0 fully saturated rings. The third-order valence-electron chi connectivity index (χ3n) is 1.88. The van der Waals surface area contributed by atoms with Crippen molar-refractivity contribution in [1.29, 1.82) is 0 Å². The van der Waals surface area contributed by atoms with Gasteiger partial charge in [0.15, 0.2) is 5.76 Å². The lowest BCUT2D eigenvalue weighted by Crippen LogP contribution is -1.75. The molecule has 0 unspecified atom stereocenters. The van der Waals surface area contributed by atoms with Gasteiger partial charge in [-0.25, -0.2) is 0 Å². The van der Waals surface area contributed by atoms with E-state index in [1.165, 1.54) is 0 Å². The third kappa shape index (κ3) is 1.40. The Balaban J connectivity index is 2.47. The number of aryl methyl sites for hydroxylation is 1. The number of aromatic hydroxyl groups is 1. The molecule has 3 nitrogen and oxygen atoms in total. The van der Waals surface area contributed by atoms with Gasteiger partial charge in [0.05, 0.1) is 6.20 Å². The van der Waals surface area contributed by atoms with Gasteiger partial charge in [0.25, 0.3) is 0 Å². The van der Waals surface area contributed by atoms with E-state index in [4.69, 9.17) is 9.63 Å². The Morgan fingerprint density at radius 3 is 2.46 bits per heavy atom. The molecule has 1 heterocycles. The van der Waals surface area contributed by atoms with Crippen molar-refractivity contribution in [1.82, 2.24) is 5.16 Å². The highest BCUT2D eigenvalue weighted by Gasteiger charge is 2.05. The average molecular weight is 175 g/mol. The Hall–Kier alpha value is -1.77. The van der Waals surface area contributed by atoms with E-state index in [0.717, 1.165) is 16.9 Å². The predicted molar refractivity (Wildman–Crippen MR) is 48.3 cm³/mol. The molecule has 0 aliphatic rings. The maximum atomic E-state index is 9.08. The van der Waals surface area contributed by atoms with Crippen LogP contribution in [0.4, 0.5) is 0 Å². The van der Waals surface area contributed by atoms with Crippen molar-refractivity contribution in [3.8, 4) is 17.1 Å². The van der Waals surface area contributed by atoms with Crippen LogP contribution in [-0.2, 0) is 0 Å². The molecule has 13 heavy (non-hydrogen) atoms. The lowest BCUT2D eigenvalue weighted by Gasteiger charge is -1.96. The highest BCUT2D eigenvalue weighted by atomic mass is 16.5. The molecule has 1 N–H and O–H groups in total. The molecule has 0 bridgehead atoms. The van der Waals surface area contributed by atoms with Crippen LogP contribution >= 0.6 is 0 Å². The second-order valence-corrected chi connectivity index (χ2v) is 2.88. The Labute approximate surface area is 75.6 Å². The molecular formula is C10H9NO2. The maximum absolute atomic E-state index is 9.08. The van der Waals surface area contributed by atoms with Gasteiger partial charge in [-0.3, -0.25) is 0 Å². The average Bonchev–Trinajstić information content (AvgIpc) is 2.53. The number of phenolic OH excluding ortho intramolecular Hbond substituents is 1.